The van der Waals surface area contributed by atoms with Crippen molar-refractivity contribution in [3.8, 4) is 0 Å². The molecule has 0 spiro atoms. The molecule has 5 rings (SSSR count). The summed E-state index contributed by atoms with van der Waals surface area (Å²) >= 11 is 0. The standard InChI is InChI=1S/C22H15N3O2/c26-18-8-6-15-10-16-7-9-21-20(19(16)12-17(15)11-18)13-23-25(21)24-22(27)14-4-2-1-3-5-14/h1-10,12-13H,11H2,(H,24,27). The van der Waals surface area contributed by atoms with Crippen molar-refractivity contribution in [1.82, 2.24) is 9.89 Å². The van der Waals surface area contributed by atoms with Gasteiger partial charge >= 0.3 is 0 Å². The van der Waals surface area contributed by atoms with E-state index >= 15 is 0 Å². The van der Waals surface area contributed by atoms with Gasteiger partial charge in [-0.25, -0.2) is 5.43 Å². The molecule has 0 radical (unpaired) electrons. The summed E-state index contributed by atoms with van der Waals surface area (Å²) < 4.78 is 0. The second-order valence-corrected chi connectivity index (χ2v) is 6.61. The van der Waals surface area contributed by atoms with Gasteiger partial charge in [-0.3, -0.25) is 9.59 Å². The summed E-state index contributed by atoms with van der Waals surface area (Å²) in [7, 11) is 0. The van der Waals surface area contributed by atoms with E-state index in [-0.39, 0.29) is 11.7 Å². The van der Waals surface area contributed by atoms with Crippen molar-refractivity contribution in [1.29, 1.82) is 0 Å². The Labute approximate surface area is 154 Å². The first-order valence-electron chi connectivity index (χ1n) is 8.70. The lowest BCUT2D eigenvalue weighted by Gasteiger charge is -2.12. The second kappa shape index (κ2) is 5.92. The van der Waals surface area contributed by atoms with E-state index in [1.54, 1.807) is 24.4 Å². The molecule has 0 saturated carbocycles. The van der Waals surface area contributed by atoms with Crippen molar-refractivity contribution < 1.29 is 9.59 Å². The molecule has 1 aromatic heterocycles. The number of amides is 1. The smallest absolute Gasteiger partial charge is 0.271 e. The summed E-state index contributed by atoms with van der Waals surface area (Å²) in [5.41, 5.74) is 6.29. The summed E-state index contributed by atoms with van der Waals surface area (Å²) in [6.07, 6.45) is 5.66. The third-order valence-electron chi connectivity index (χ3n) is 4.89. The van der Waals surface area contributed by atoms with Gasteiger partial charge in [0.05, 0.1) is 11.7 Å². The number of allylic oxidation sites excluding steroid dienone is 1. The lowest BCUT2D eigenvalue weighted by molar-refractivity contribution is -0.114. The van der Waals surface area contributed by atoms with E-state index in [9.17, 15) is 9.59 Å². The molecule has 1 N–H and O–H groups in total. The predicted molar refractivity (Wildman–Crippen MR) is 105 cm³/mol. The maximum absolute atomic E-state index is 12.4. The molecule has 3 aromatic carbocycles. The molecule has 0 aliphatic heterocycles. The molecular formula is C22H15N3O2. The Balaban J connectivity index is 1.59. The van der Waals surface area contributed by atoms with Crippen LogP contribution in [-0.2, 0) is 11.2 Å². The van der Waals surface area contributed by atoms with Crippen molar-refractivity contribution >= 4 is 39.4 Å². The molecule has 130 valence electrons. The van der Waals surface area contributed by atoms with Gasteiger partial charge < -0.3 is 0 Å². The van der Waals surface area contributed by atoms with Gasteiger partial charge in [0.1, 0.15) is 0 Å². The predicted octanol–water partition coefficient (Wildman–Crippen LogP) is 3.71. The monoisotopic (exact) mass is 353 g/mol. The number of nitrogens with zero attached hydrogens (tertiary/aromatic N) is 2. The highest BCUT2D eigenvalue weighted by Gasteiger charge is 2.15. The van der Waals surface area contributed by atoms with Crippen LogP contribution >= 0.6 is 0 Å². The summed E-state index contributed by atoms with van der Waals surface area (Å²) in [5.74, 6) is -0.110. The van der Waals surface area contributed by atoms with E-state index < -0.39 is 0 Å². The number of fused-ring (bicyclic) bond motifs is 4. The molecule has 0 fully saturated rings. The van der Waals surface area contributed by atoms with Crippen LogP contribution in [0.3, 0.4) is 0 Å². The molecule has 1 aliphatic carbocycles. The van der Waals surface area contributed by atoms with Crippen molar-refractivity contribution in [2.24, 2.45) is 0 Å². The number of nitrogens with one attached hydrogen (secondary N) is 1. The zero-order valence-corrected chi connectivity index (χ0v) is 14.3. The van der Waals surface area contributed by atoms with E-state index in [0.29, 0.717) is 12.0 Å². The Morgan fingerprint density at radius 1 is 1.00 bits per heavy atom. The van der Waals surface area contributed by atoms with Crippen LogP contribution in [0.2, 0.25) is 0 Å². The number of aromatic nitrogens is 2. The Kier molecular flexibility index (Phi) is 3.40. The van der Waals surface area contributed by atoms with E-state index in [1.165, 1.54) is 4.79 Å². The minimum atomic E-state index is -0.220. The normalized spacial score (nSPS) is 13.1. The number of benzene rings is 3. The second-order valence-electron chi connectivity index (χ2n) is 6.61. The largest absolute Gasteiger partial charge is 0.294 e. The highest BCUT2D eigenvalue weighted by atomic mass is 16.2. The van der Waals surface area contributed by atoms with Crippen LogP contribution in [-0.4, -0.2) is 21.6 Å². The molecule has 1 heterocycles. The SMILES string of the molecule is O=C1C=Cc2cc3ccc4c(cnn4NC(=O)c4ccccc4)c3cc2C1. The van der Waals surface area contributed by atoms with E-state index in [2.05, 4.69) is 22.7 Å². The Morgan fingerprint density at radius 3 is 2.70 bits per heavy atom. The van der Waals surface area contributed by atoms with Crippen LogP contribution < -0.4 is 5.43 Å². The fourth-order valence-corrected chi connectivity index (χ4v) is 3.52. The molecule has 0 saturated heterocycles. The fourth-order valence-electron chi connectivity index (χ4n) is 3.52. The van der Waals surface area contributed by atoms with Crippen molar-refractivity contribution in [2.75, 3.05) is 5.43 Å². The molecule has 1 aliphatic rings. The first-order chi connectivity index (χ1) is 13.2. The number of hydrogen-bond donors (Lipinski definition) is 1. The van der Waals surface area contributed by atoms with Crippen molar-refractivity contribution in [3.63, 3.8) is 0 Å². The molecule has 0 unspecified atom stereocenters. The number of carbonyl (C=O) groups is 2. The van der Waals surface area contributed by atoms with Gasteiger partial charge in [-0.05, 0) is 58.3 Å². The number of carbonyl (C=O) groups excluding carboxylic acids is 2. The lowest BCUT2D eigenvalue weighted by Crippen LogP contribution is -2.23. The average Bonchev–Trinajstić information content (AvgIpc) is 3.10. The van der Waals surface area contributed by atoms with Gasteiger partial charge in [0.2, 0.25) is 0 Å². The van der Waals surface area contributed by atoms with Crippen LogP contribution in [0.25, 0.3) is 27.8 Å². The Morgan fingerprint density at radius 2 is 1.85 bits per heavy atom. The molecule has 5 heteroatoms. The first-order valence-corrected chi connectivity index (χ1v) is 8.70. The molecular weight excluding hydrogens is 338 g/mol. The third kappa shape index (κ3) is 2.60. The Bertz CT molecular complexity index is 1250. The zero-order chi connectivity index (χ0) is 18.4. The average molecular weight is 353 g/mol. The summed E-state index contributed by atoms with van der Waals surface area (Å²) in [6.45, 7) is 0. The number of rotatable bonds is 2. The van der Waals surface area contributed by atoms with Gasteiger partial charge in [-0.2, -0.15) is 9.89 Å². The van der Waals surface area contributed by atoms with Crippen LogP contribution in [0, 0.1) is 0 Å². The highest BCUT2D eigenvalue weighted by molar-refractivity contribution is 6.09. The van der Waals surface area contributed by atoms with Crippen LogP contribution in [0.4, 0.5) is 0 Å². The summed E-state index contributed by atoms with van der Waals surface area (Å²) in [4.78, 5) is 25.7. The van der Waals surface area contributed by atoms with Crippen molar-refractivity contribution in [3.05, 3.63) is 83.6 Å². The van der Waals surface area contributed by atoms with Crippen LogP contribution in [0.1, 0.15) is 21.5 Å². The Hall–Kier alpha value is -3.73. The lowest BCUT2D eigenvalue weighted by atomic mass is 9.92. The maximum atomic E-state index is 12.4. The van der Waals surface area contributed by atoms with E-state index in [0.717, 1.165) is 32.8 Å². The van der Waals surface area contributed by atoms with Gasteiger partial charge in [-0.1, -0.05) is 30.3 Å². The van der Waals surface area contributed by atoms with Crippen molar-refractivity contribution in [2.45, 2.75) is 6.42 Å². The minimum Gasteiger partial charge on any atom is -0.294 e. The van der Waals surface area contributed by atoms with Gasteiger partial charge in [0, 0.05) is 17.4 Å². The molecule has 5 nitrogen and oxygen atoms in total. The van der Waals surface area contributed by atoms with Crippen LogP contribution in [0.5, 0.6) is 0 Å². The topological polar surface area (TPSA) is 64.0 Å². The molecule has 0 bridgehead atoms. The highest BCUT2D eigenvalue weighted by Crippen LogP contribution is 2.30. The summed E-state index contributed by atoms with van der Waals surface area (Å²) in [6, 6.07) is 17.1. The van der Waals surface area contributed by atoms with Crippen LogP contribution in [0.15, 0.2) is 66.9 Å². The van der Waals surface area contributed by atoms with Gasteiger partial charge in [0.25, 0.3) is 5.91 Å². The molecule has 1 amide bonds. The zero-order valence-electron chi connectivity index (χ0n) is 14.3. The van der Waals surface area contributed by atoms with E-state index in [4.69, 9.17) is 0 Å². The fraction of sp³-hybridized carbons (Fsp3) is 0.0455. The van der Waals surface area contributed by atoms with E-state index in [1.807, 2.05) is 36.4 Å². The molecule has 4 aromatic rings. The minimum absolute atomic E-state index is 0.111. The third-order valence-corrected chi connectivity index (χ3v) is 4.89. The van der Waals surface area contributed by atoms with Gasteiger partial charge in [-0.15, -0.1) is 0 Å². The maximum Gasteiger partial charge on any atom is 0.271 e. The molecule has 0 atom stereocenters. The van der Waals surface area contributed by atoms with Gasteiger partial charge in [0.15, 0.2) is 5.78 Å². The number of hydrogen-bond acceptors (Lipinski definition) is 3. The summed E-state index contributed by atoms with van der Waals surface area (Å²) in [5, 5.41) is 7.38. The molecule has 27 heavy (non-hydrogen) atoms. The first kappa shape index (κ1) is 15.5. The quantitative estimate of drug-likeness (QED) is 0.597. The number of ketones is 1.